The third-order valence-corrected chi connectivity index (χ3v) is 4.34. The zero-order valence-corrected chi connectivity index (χ0v) is 16.9. The van der Waals surface area contributed by atoms with E-state index in [-0.39, 0.29) is 13.0 Å². The van der Waals surface area contributed by atoms with E-state index in [0.29, 0.717) is 0 Å². The molecule has 0 aliphatic carbocycles. The zero-order chi connectivity index (χ0) is 21.9. The molecule has 0 saturated heterocycles. The van der Waals surface area contributed by atoms with E-state index in [1.165, 1.54) is 14.0 Å². The third-order valence-electron chi connectivity index (χ3n) is 4.34. The van der Waals surface area contributed by atoms with Crippen LogP contribution >= 0.6 is 0 Å². The summed E-state index contributed by atoms with van der Waals surface area (Å²) in [6, 6.07) is 15.8. The number of ether oxygens (including phenoxy) is 2. The Morgan fingerprint density at radius 1 is 0.933 bits per heavy atom. The molecule has 0 fully saturated rings. The standard InChI is InChI=1S/C22H26N2O6/c1-15(25)19(24-22(28)30-14-17-11-7-4-8-12-17)20(26)23-18(21(27)29-2)13-16-9-5-3-6-10-16/h3-12,15,18-19,25H,13-14H2,1-2H3,(H,23,26)(H,24,28). The van der Waals surface area contributed by atoms with Gasteiger partial charge in [-0.2, -0.15) is 0 Å². The van der Waals surface area contributed by atoms with Crippen molar-refractivity contribution in [3.8, 4) is 0 Å². The third kappa shape index (κ3) is 7.21. The number of benzene rings is 2. The average molecular weight is 414 g/mol. The molecular formula is C22H26N2O6. The van der Waals surface area contributed by atoms with Crippen LogP contribution in [-0.4, -0.2) is 48.4 Å². The number of alkyl carbamates (subject to hydrolysis) is 1. The molecule has 0 aliphatic rings. The number of aliphatic hydroxyl groups excluding tert-OH is 1. The van der Waals surface area contributed by atoms with Crippen molar-refractivity contribution in [2.75, 3.05) is 7.11 Å². The maximum absolute atomic E-state index is 12.7. The fourth-order valence-electron chi connectivity index (χ4n) is 2.74. The van der Waals surface area contributed by atoms with Gasteiger partial charge in [0.2, 0.25) is 5.91 Å². The van der Waals surface area contributed by atoms with Crippen molar-refractivity contribution in [3.05, 3.63) is 71.8 Å². The number of aliphatic hydroxyl groups is 1. The smallest absolute Gasteiger partial charge is 0.408 e. The summed E-state index contributed by atoms with van der Waals surface area (Å²) in [4.78, 5) is 36.9. The highest BCUT2D eigenvalue weighted by molar-refractivity contribution is 5.90. The van der Waals surface area contributed by atoms with Crippen LogP contribution in [0.5, 0.6) is 0 Å². The van der Waals surface area contributed by atoms with Gasteiger partial charge in [0.25, 0.3) is 0 Å². The molecule has 0 spiro atoms. The molecule has 2 rings (SSSR count). The lowest BCUT2D eigenvalue weighted by Gasteiger charge is -2.23. The van der Waals surface area contributed by atoms with Crippen molar-refractivity contribution < 1.29 is 29.0 Å². The number of rotatable bonds is 9. The Kier molecular flexibility index (Phi) is 8.83. The summed E-state index contributed by atoms with van der Waals surface area (Å²) in [5.41, 5.74) is 1.59. The summed E-state index contributed by atoms with van der Waals surface area (Å²) in [5.74, 6) is -1.36. The molecule has 3 unspecified atom stereocenters. The summed E-state index contributed by atoms with van der Waals surface area (Å²) >= 11 is 0. The minimum absolute atomic E-state index is 0.0135. The number of carbonyl (C=O) groups is 3. The molecule has 0 saturated carbocycles. The lowest BCUT2D eigenvalue weighted by atomic mass is 10.0. The van der Waals surface area contributed by atoms with E-state index >= 15 is 0 Å². The Balaban J connectivity index is 1.99. The fraction of sp³-hybridized carbons (Fsp3) is 0.318. The molecule has 2 aromatic carbocycles. The van der Waals surface area contributed by atoms with Crippen LogP contribution in [0.1, 0.15) is 18.1 Å². The average Bonchev–Trinajstić information content (AvgIpc) is 2.76. The number of methoxy groups -OCH3 is 1. The molecule has 3 N–H and O–H groups in total. The van der Waals surface area contributed by atoms with Gasteiger partial charge < -0.3 is 25.2 Å². The Labute approximate surface area is 175 Å². The molecule has 160 valence electrons. The lowest BCUT2D eigenvalue weighted by Crippen LogP contribution is -2.56. The Bertz CT molecular complexity index is 826. The van der Waals surface area contributed by atoms with Crippen LogP contribution in [0.15, 0.2) is 60.7 Å². The molecule has 0 aliphatic heterocycles. The SMILES string of the molecule is COC(=O)C(Cc1ccccc1)NC(=O)C(NC(=O)OCc1ccccc1)C(C)O. The van der Waals surface area contributed by atoms with Crippen LogP contribution < -0.4 is 10.6 Å². The quantitative estimate of drug-likeness (QED) is 0.537. The summed E-state index contributed by atoms with van der Waals surface area (Å²) in [6.07, 6.45) is -1.88. The van der Waals surface area contributed by atoms with Gasteiger partial charge in [-0.3, -0.25) is 4.79 Å². The van der Waals surface area contributed by atoms with Gasteiger partial charge in [-0.1, -0.05) is 60.7 Å². The van der Waals surface area contributed by atoms with Crippen LogP contribution in [0, 0.1) is 0 Å². The molecule has 8 heteroatoms. The van der Waals surface area contributed by atoms with E-state index in [9.17, 15) is 19.5 Å². The minimum Gasteiger partial charge on any atom is -0.467 e. The monoisotopic (exact) mass is 414 g/mol. The van der Waals surface area contributed by atoms with Crippen molar-refractivity contribution in [1.29, 1.82) is 0 Å². The second kappa shape index (κ2) is 11.6. The van der Waals surface area contributed by atoms with Gasteiger partial charge in [0.15, 0.2) is 0 Å². The van der Waals surface area contributed by atoms with Gasteiger partial charge in [-0.25, -0.2) is 9.59 Å². The molecule has 2 aromatic rings. The lowest BCUT2D eigenvalue weighted by molar-refractivity contribution is -0.145. The summed E-state index contributed by atoms with van der Waals surface area (Å²) in [5, 5.41) is 14.8. The van der Waals surface area contributed by atoms with Gasteiger partial charge in [-0.15, -0.1) is 0 Å². The normalized spacial score (nSPS) is 13.4. The molecule has 2 amide bonds. The second-order valence-corrected chi connectivity index (χ2v) is 6.70. The molecule has 0 heterocycles. The number of nitrogens with one attached hydrogen (secondary N) is 2. The van der Waals surface area contributed by atoms with Crippen LogP contribution in [0.4, 0.5) is 4.79 Å². The molecule has 0 radical (unpaired) electrons. The number of hydrogen-bond acceptors (Lipinski definition) is 6. The Hall–Kier alpha value is -3.39. The topological polar surface area (TPSA) is 114 Å². The van der Waals surface area contributed by atoms with Crippen LogP contribution in [-0.2, 0) is 32.1 Å². The summed E-state index contributed by atoms with van der Waals surface area (Å²) in [7, 11) is 1.22. The van der Waals surface area contributed by atoms with Gasteiger partial charge in [0.1, 0.15) is 18.7 Å². The first-order valence-electron chi connectivity index (χ1n) is 9.48. The van der Waals surface area contributed by atoms with Gasteiger partial charge in [0, 0.05) is 6.42 Å². The van der Waals surface area contributed by atoms with E-state index in [1.807, 2.05) is 48.5 Å². The summed E-state index contributed by atoms with van der Waals surface area (Å²) < 4.78 is 9.86. The van der Waals surface area contributed by atoms with Gasteiger partial charge in [-0.05, 0) is 18.1 Å². The molecule has 30 heavy (non-hydrogen) atoms. The van der Waals surface area contributed by atoms with E-state index in [1.54, 1.807) is 12.1 Å². The highest BCUT2D eigenvalue weighted by Crippen LogP contribution is 2.06. The maximum Gasteiger partial charge on any atom is 0.408 e. The molecule has 0 bridgehead atoms. The number of hydrogen-bond donors (Lipinski definition) is 3. The van der Waals surface area contributed by atoms with E-state index < -0.39 is 36.2 Å². The molecule has 3 atom stereocenters. The molecular weight excluding hydrogens is 388 g/mol. The highest BCUT2D eigenvalue weighted by atomic mass is 16.5. The minimum atomic E-state index is -1.31. The van der Waals surface area contributed by atoms with Crippen LogP contribution in [0.25, 0.3) is 0 Å². The number of amides is 2. The zero-order valence-electron chi connectivity index (χ0n) is 16.9. The highest BCUT2D eigenvalue weighted by Gasteiger charge is 2.30. The van der Waals surface area contributed by atoms with Crippen LogP contribution in [0.2, 0.25) is 0 Å². The Morgan fingerprint density at radius 3 is 2.03 bits per heavy atom. The van der Waals surface area contributed by atoms with Crippen molar-refractivity contribution in [3.63, 3.8) is 0 Å². The fourth-order valence-corrected chi connectivity index (χ4v) is 2.74. The van der Waals surface area contributed by atoms with Gasteiger partial charge in [0.05, 0.1) is 13.2 Å². The predicted octanol–water partition coefficient (Wildman–Crippen LogP) is 1.56. The van der Waals surface area contributed by atoms with Crippen molar-refractivity contribution in [1.82, 2.24) is 10.6 Å². The number of esters is 1. The summed E-state index contributed by atoms with van der Waals surface area (Å²) in [6.45, 7) is 1.37. The first kappa shape index (κ1) is 22.9. The first-order valence-corrected chi connectivity index (χ1v) is 9.48. The molecule has 0 aromatic heterocycles. The van der Waals surface area contributed by atoms with Crippen molar-refractivity contribution >= 4 is 18.0 Å². The van der Waals surface area contributed by atoms with E-state index in [4.69, 9.17) is 9.47 Å². The largest absolute Gasteiger partial charge is 0.467 e. The van der Waals surface area contributed by atoms with Crippen LogP contribution in [0.3, 0.4) is 0 Å². The Morgan fingerprint density at radius 2 is 1.50 bits per heavy atom. The second-order valence-electron chi connectivity index (χ2n) is 6.70. The predicted molar refractivity (Wildman–Crippen MR) is 109 cm³/mol. The van der Waals surface area contributed by atoms with Crippen molar-refractivity contribution in [2.24, 2.45) is 0 Å². The van der Waals surface area contributed by atoms with E-state index in [2.05, 4.69) is 10.6 Å². The van der Waals surface area contributed by atoms with Gasteiger partial charge >= 0.3 is 12.1 Å². The molecule has 8 nitrogen and oxygen atoms in total. The first-order chi connectivity index (χ1) is 14.4. The van der Waals surface area contributed by atoms with Crippen molar-refractivity contribution in [2.45, 2.75) is 38.1 Å². The van der Waals surface area contributed by atoms with E-state index in [0.717, 1.165) is 11.1 Å². The maximum atomic E-state index is 12.7. The number of carbonyl (C=O) groups excluding carboxylic acids is 3.